The SMILES string of the molecule is C=CCNC(=O)/C(=C\c1ccco1)NC(=O)c1ccco1. The van der Waals surface area contributed by atoms with Crippen LogP contribution in [-0.4, -0.2) is 18.4 Å². The molecule has 0 saturated heterocycles. The lowest BCUT2D eigenvalue weighted by Crippen LogP contribution is -2.34. The van der Waals surface area contributed by atoms with Crippen LogP contribution in [0.2, 0.25) is 0 Å². The summed E-state index contributed by atoms with van der Waals surface area (Å²) < 4.78 is 10.1. The fourth-order valence-electron chi connectivity index (χ4n) is 1.53. The van der Waals surface area contributed by atoms with Crippen LogP contribution < -0.4 is 10.6 Å². The first kappa shape index (κ1) is 14.4. The number of carbonyl (C=O) groups excluding carboxylic acids is 2. The van der Waals surface area contributed by atoms with E-state index in [2.05, 4.69) is 17.2 Å². The molecular formula is C15H14N2O4. The van der Waals surface area contributed by atoms with Crippen LogP contribution in [0.1, 0.15) is 16.3 Å². The Kier molecular flexibility index (Phi) is 4.76. The zero-order chi connectivity index (χ0) is 15.1. The van der Waals surface area contributed by atoms with Crippen LogP contribution in [0.25, 0.3) is 6.08 Å². The zero-order valence-corrected chi connectivity index (χ0v) is 11.2. The van der Waals surface area contributed by atoms with E-state index in [4.69, 9.17) is 8.83 Å². The van der Waals surface area contributed by atoms with Crippen molar-refractivity contribution < 1.29 is 18.4 Å². The molecule has 0 saturated carbocycles. The van der Waals surface area contributed by atoms with Crippen molar-refractivity contribution in [2.75, 3.05) is 6.54 Å². The van der Waals surface area contributed by atoms with Gasteiger partial charge in [0.2, 0.25) is 0 Å². The highest BCUT2D eigenvalue weighted by atomic mass is 16.3. The van der Waals surface area contributed by atoms with Crippen LogP contribution >= 0.6 is 0 Å². The van der Waals surface area contributed by atoms with Crippen molar-refractivity contribution in [2.24, 2.45) is 0 Å². The Balaban J connectivity index is 2.17. The zero-order valence-electron chi connectivity index (χ0n) is 11.2. The topological polar surface area (TPSA) is 84.5 Å². The molecule has 2 rings (SSSR count). The summed E-state index contributed by atoms with van der Waals surface area (Å²) >= 11 is 0. The number of amides is 2. The third kappa shape index (κ3) is 3.97. The Bertz CT molecular complexity index is 639. The largest absolute Gasteiger partial charge is 0.465 e. The minimum absolute atomic E-state index is 0.0493. The van der Waals surface area contributed by atoms with Crippen LogP contribution in [0.5, 0.6) is 0 Å². The maximum Gasteiger partial charge on any atom is 0.291 e. The molecule has 0 radical (unpaired) electrons. The molecule has 0 atom stereocenters. The number of rotatable bonds is 6. The van der Waals surface area contributed by atoms with Gasteiger partial charge in [0, 0.05) is 12.6 Å². The average Bonchev–Trinajstić information content (AvgIpc) is 3.16. The summed E-state index contributed by atoms with van der Waals surface area (Å²) in [4.78, 5) is 24.0. The molecule has 21 heavy (non-hydrogen) atoms. The summed E-state index contributed by atoms with van der Waals surface area (Å²) in [7, 11) is 0. The van der Waals surface area contributed by atoms with Gasteiger partial charge in [-0.15, -0.1) is 6.58 Å². The van der Waals surface area contributed by atoms with E-state index in [0.29, 0.717) is 5.76 Å². The smallest absolute Gasteiger partial charge is 0.291 e. The normalized spacial score (nSPS) is 11.0. The molecule has 0 aliphatic carbocycles. The van der Waals surface area contributed by atoms with E-state index >= 15 is 0 Å². The van der Waals surface area contributed by atoms with Gasteiger partial charge in [-0.1, -0.05) is 6.08 Å². The predicted octanol–water partition coefficient (Wildman–Crippen LogP) is 1.95. The van der Waals surface area contributed by atoms with Crippen molar-refractivity contribution in [1.82, 2.24) is 10.6 Å². The van der Waals surface area contributed by atoms with E-state index in [1.165, 1.54) is 30.7 Å². The Morgan fingerprint density at radius 2 is 1.95 bits per heavy atom. The van der Waals surface area contributed by atoms with Gasteiger partial charge in [-0.2, -0.15) is 0 Å². The van der Waals surface area contributed by atoms with Crippen molar-refractivity contribution in [3.63, 3.8) is 0 Å². The lowest BCUT2D eigenvalue weighted by atomic mass is 10.3. The van der Waals surface area contributed by atoms with Crippen LogP contribution in [0.15, 0.2) is 64.0 Å². The summed E-state index contributed by atoms with van der Waals surface area (Å²) in [5.41, 5.74) is 0.0493. The van der Waals surface area contributed by atoms with Crippen molar-refractivity contribution in [2.45, 2.75) is 0 Å². The fourth-order valence-corrected chi connectivity index (χ4v) is 1.53. The summed E-state index contributed by atoms with van der Waals surface area (Å²) in [6.07, 6.45) is 5.82. The molecule has 0 bridgehead atoms. The summed E-state index contributed by atoms with van der Waals surface area (Å²) in [6.45, 7) is 3.80. The maximum atomic E-state index is 12.0. The maximum absolute atomic E-state index is 12.0. The Labute approximate surface area is 121 Å². The Morgan fingerprint density at radius 3 is 2.57 bits per heavy atom. The second-order valence-corrected chi connectivity index (χ2v) is 4.00. The molecular weight excluding hydrogens is 272 g/mol. The Hall–Kier alpha value is -3.02. The van der Waals surface area contributed by atoms with Crippen molar-refractivity contribution in [3.8, 4) is 0 Å². The Morgan fingerprint density at radius 1 is 1.19 bits per heavy atom. The summed E-state index contributed by atoms with van der Waals surface area (Å²) in [6, 6.07) is 6.43. The van der Waals surface area contributed by atoms with Gasteiger partial charge in [0.15, 0.2) is 5.76 Å². The van der Waals surface area contributed by atoms with E-state index in [1.54, 1.807) is 18.2 Å². The minimum Gasteiger partial charge on any atom is -0.465 e. The van der Waals surface area contributed by atoms with E-state index in [0.717, 1.165) is 0 Å². The first-order valence-corrected chi connectivity index (χ1v) is 6.20. The highest BCUT2D eigenvalue weighted by Crippen LogP contribution is 2.08. The number of hydrogen-bond acceptors (Lipinski definition) is 4. The van der Waals surface area contributed by atoms with Crippen molar-refractivity contribution in [1.29, 1.82) is 0 Å². The van der Waals surface area contributed by atoms with Crippen molar-refractivity contribution in [3.05, 3.63) is 66.7 Å². The predicted molar refractivity (Wildman–Crippen MR) is 76.1 cm³/mol. The molecule has 0 spiro atoms. The number of carbonyl (C=O) groups is 2. The van der Waals surface area contributed by atoms with Gasteiger partial charge in [-0.05, 0) is 24.3 Å². The number of hydrogen-bond donors (Lipinski definition) is 2. The number of furan rings is 2. The highest BCUT2D eigenvalue weighted by Gasteiger charge is 2.16. The van der Waals surface area contributed by atoms with Crippen LogP contribution in [0.4, 0.5) is 0 Å². The first-order valence-electron chi connectivity index (χ1n) is 6.20. The molecule has 2 aromatic rings. The van der Waals surface area contributed by atoms with E-state index < -0.39 is 11.8 Å². The lowest BCUT2D eigenvalue weighted by Gasteiger charge is -2.08. The van der Waals surface area contributed by atoms with Gasteiger partial charge < -0.3 is 19.5 Å². The molecule has 0 aliphatic heterocycles. The molecule has 2 amide bonds. The minimum atomic E-state index is -0.522. The monoisotopic (exact) mass is 286 g/mol. The molecule has 108 valence electrons. The third-order valence-corrected chi connectivity index (χ3v) is 2.47. The second-order valence-electron chi connectivity index (χ2n) is 4.00. The molecule has 6 heteroatoms. The van der Waals surface area contributed by atoms with E-state index in [-0.39, 0.29) is 18.0 Å². The average molecular weight is 286 g/mol. The molecule has 6 nitrogen and oxygen atoms in total. The van der Waals surface area contributed by atoms with E-state index in [9.17, 15) is 9.59 Å². The molecule has 0 unspecified atom stereocenters. The molecule has 2 N–H and O–H groups in total. The quantitative estimate of drug-likeness (QED) is 0.628. The second kappa shape index (κ2) is 6.95. The van der Waals surface area contributed by atoms with Gasteiger partial charge in [0.05, 0.1) is 12.5 Å². The standard InChI is InChI=1S/C15H14N2O4/c1-2-7-16-14(18)12(10-11-5-3-8-20-11)17-15(19)13-6-4-9-21-13/h2-6,8-10H,1,7H2,(H,16,18)(H,17,19)/b12-10+. The lowest BCUT2D eigenvalue weighted by molar-refractivity contribution is -0.117. The van der Waals surface area contributed by atoms with Gasteiger partial charge in [-0.25, -0.2) is 0 Å². The molecule has 2 aromatic heterocycles. The molecule has 0 fully saturated rings. The van der Waals surface area contributed by atoms with Crippen LogP contribution in [-0.2, 0) is 4.79 Å². The summed E-state index contributed by atoms with van der Waals surface area (Å²) in [5, 5.41) is 5.07. The molecule has 0 aliphatic rings. The third-order valence-electron chi connectivity index (χ3n) is 2.47. The molecule has 2 heterocycles. The summed E-state index contributed by atoms with van der Waals surface area (Å²) in [5.74, 6) is -0.423. The van der Waals surface area contributed by atoms with Gasteiger partial charge in [-0.3, -0.25) is 9.59 Å². The van der Waals surface area contributed by atoms with Gasteiger partial charge in [0.1, 0.15) is 11.5 Å². The fraction of sp³-hybridized carbons (Fsp3) is 0.0667. The highest BCUT2D eigenvalue weighted by molar-refractivity contribution is 6.04. The first-order chi connectivity index (χ1) is 10.2. The van der Waals surface area contributed by atoms with Gasteiger partial charge in [0.25, 0.3) is 11.8 Å². The van der Waals surface area contributed by atoms with Crippen LogP contribution in [0.3, 0.4) is 0 Å². The number of nitrogens with one attached hydrogen (secondary N) is 2. The van der Waals surface area contributed by atoms with Gasteiger partial charge >= 0.3 is 0 Å². The van der Waals surface area contributed by atoms with E-state index in [1.807, 2.05) is 0 Å². The van der Waals surface area contributed by atoms with Crippen LogP contribution in [0, 0.1) is 0 Å². The molecule has 0 aromatic carbocycles. The van der Waals surface area contributed by atoms with Crippen molar-refractivity contribution >= 4 is 17.9 Å².